The van der Waals surface area contributed by atoms with Gasteiger partial charge in [0.15, 0.2) is 0 Å². The fourth-order valence-corrected chi connectivity index (χ4v) is 2.72. The number of hydrogen-bond donors (Lipinski definition) is 0. The van der Waals surface area contributed by atoms with Crippen molar-refractivity contribution in [2.24, 2.45) is 4.99 Å². The molecule has 0 N–H and O–H groups in total. The first-order chi connectivity index (χ1) is 9.94. The highest BCUT2D eigenvalue weighted by atomic mass is 32.2. The molecule has 0 bridgehead atoms. The average Bonchev–Trinajstić information content (AvgIpc) is 2.46. The number of thioether (sulfide) groups is 1. The standard InChI is InChI=1S/C15H15F2N2PS/c1-15(16,17)10-21-13-4-2-3-12(9-13)19-14(20)11-5-7-18-8-6-11/h2-9H,10,20H2,1H3. The van der Waals surface area contributed by atoms with Gasteiger partial charge >= 0.3 is 0 Å². The van der Waals surface area contributed by atoms with Crippen LogP contribution in [0, 0.1) is 0 Å². The topological polar surface area (TPSA) is 25.2 Å². The van der Waals surface area contributed by atoms with Gasteiger partial charge in [-0.1, -0.05) is 15.3 Å². The fraction of sp³-hybridized carbons (Fsp3) is 0.200. The average molecular weight is 324 g/mol. The van der Waals surface area contributed by atoms with Gasteiger partial charge in [0.25, 0.3) is 5.92 Å². The lowest BCUT2D eigenvalue weighted by molar-refractivity contribution is 0.0492. The Morgan fingerprint density at radius 2 is 2.00 bits per heavy atom. The van der Waals surface area contributed by atoms with Crippen LogP contribution in [-0.4, -0.2) is 22.1 Å². The molecule has 2 nitrogen and oxygen atoms in total. The Labute approximate surface area is 129 Å². The molecule has 0 saturated heterocycles. The molecule has 0 aliphatic heterocycles. The monoisotopic (exact) mass is 324 g/mol. The maximum atomic E-state index is 12.9. The van der Waals surface area contributed by atoms with Crippen LogP contribution in [0.15, 0.2) is 58.7 Å². The molecule has 1 atom stereocenters. The van der Waals surface area contributed by atoms with E-state index in [1.807, 2.05) is 36.4 Å². The minimum absolute atomic E-state index is 0.238. The number of benzene rings is 1. The number of nitrogens with zero attached hydrogens (tertiary/aromatic N) is 2. The minimum atomic E-state index is -2.67. The van der Waals surface area contributed by atoms with Gasteiger partial charge in [-0.15, -0.1) is 11.8 Å². The van der Waals surface area contributed by atoms with Crippen molar-refractivity contribution in [1.82, 2.24) is 4.98 Å². The quantitative estimate of drug-likeness (QED) is 0.449. The summed E-state index contributed by atoms with van der Waals surface area (Å²) in [6.45, 7) is 0.923. The third-order valence-corrected chi connectivity index (χ3v) is 4.24. The molecule has 0 aliphatic carbocycles. The molecular weight excluding hydrogens is 309 g/mol. The molecule has 110 valence electrons. The van der Waals surface area contributed by atoms with Gasteiger partial charge in [-0.3, -0.25) is 4.98 Å². The second-order valence-corrected chi connectivity index (χ2v) is 6.18. The van der Waals surface area contributed by atoms with E-state index in [0.29, 0.717) is 0 Å². The van der Waals surface area contributed by atoms with E-state index in [1.165, 1.54) is 0 Å². The maximum Gasteiger partial charge on any atom is 0.254 e. The number of rotatable bonds is 5. The Kier molecular flexibility index (Phi) is 5.43. The number of pyridine rings is 1. The van der Waals surface area contributed by atoms with Crippen LogP contribution in [0.25, 0.3) is 0 Å². The number of hydrogen-bond acceptors (Lipinski definition) is 3. The van der Waals surface area contributed by atoms with Crippen molar-refractivity contribution in [3.8, 4) is 0 Å². The zero-order chi connectivity index (χ0) is 15.3. The third-order valence-electron chi connectivity index (χ3n) is 2.54. The molecule has 1 aromatic carbocycles. The lowest BCUT2D eigenvalue weighted by Gasteiger charge is -2.09. The summed E-state index contributed by atoms with van der Waals surface area (Å²) in [5.41, 5.74) is 2.47. The van der Waals surface area contributed by atoms with Crippen LogP contribution in [0.3, 0.4) is 0 Å². The Morgan fingerprint density at radius 3 is 2.67 bits per heavy atom. The molecule has 0 amide bonds. The smallest absolute Gasteiger partial charge is 0.254 e. The molecule has 0 radical (unpaired) electrons. The van der Waals surface area contributed by atoms with E-state index in [9.17, 15) is 8.78 Å². The van der Waals surface area contributed by atoms with Crippen LogP contribution >= 0.6 is 21.0 Å². The predicted octanol–water partition coefficient (Wildman–Crippen LogP) is 4.78. The molecule has 1 heterocycles. The summed E-state index contributed by atoms with van der Waals surface area (Å²) in [6, 6.07) is 11.0. The van der Waals surface area contributed by atoms with Gasteiger partial charge in [0.05, 0.1) is 16.9 Å². The van der Waals surface area contributed by atoms with Crippen molar-refractivity contribution < 1.29 is 8.78 Å². The number of alkyl halides is 2. The SMILES string of the molecule is CC(F)(F)CSc1cccc(N=C(P)c2ccncc2)c1. The third kappa shape index (κ3) is 5.52. The van der Waals surface area contributed by atoms with Gasteiger partial charge in [0, 0.05) is 29.8 Å². The predicted molar refractivity (Wildman–Crippen MR) is 87.9 cm³/mol. The summed E-state index contributed by atoms with van der Waals surface area (Å²) >= 11 is 1.13. The van der Waals surface area contributed by atoms with Crippen LogP contribution in [0.5, 0.6) is 0 Å². The molecule has 2 rings (SSSR count). The normalized spacial score (nSPS) is 12.5. The van der Waals surface area contributed by atoms with Crippen LogP contribution in [0.1, 0.15) is 12.5 Å². The molecule has 1 aromatic heterocycles. The first-order valence-corrected chi connectivity index (χ1v) is 7.85. The molecule has 6 heteroatoms. The van der Waals surface area contributed by atoms with Crippen LogP contribution in [-0.2, 0) is 0 Å². The van der Waals surface area contributed by atoms with Crippen molar-refractivity contribution >= 4 is 32.1 Å². The van der Waals surface area contributed by atoms with E-state index in [0.717, 1.165) is 40.3 Å². The van der Waals surface area contributed by atoms with E-state index in [1.54, 1.807) is 12.4 Å². The molecule has 0 spiro atoms. The molecule has 0 saturated carbocycles. The highest BCUT2D eigenvalue weighted by Crippen LogP contribution is 2.28. The largest absolute Gasteiger partial charge is 0.265 e. The molecule has 21 heavy (non-hydrogen) atoms. The number of halogens is 2. The fourth-order valence-electron chi connectivity index (χ4n) is 1.58. The van der Waals surface area contributed by atoms with Gasteiger partial charge < -0.3 is 0 Å². The first-order valence-electron chi connectivity index (χ1n) is 6.29. The van der Waals surface area contributed by atoms with Gasteiger partial charge in [-0.2, -0.15) is 0 Å². The zero-order valence-electron chi connectivity index (χ0n) is 11.5. The van der Waals surface area contributed by atoms with Gasteiger partial charge in [-0.05, 0) is 30.3 Å². The summed E-state index contributed by atoms with van der Waals surface area (Å²) in [6.07, 6.45) is 3.40. The van der Waals surface area contributed by atoms with Gasteiger partial charge in [0.1, 0.15) is 0 Å². The van der Waals surface area contributed by atoms with E-state index >= 15 is 0 Å². The summed E-state index contributed by atoms with van der Waals surface area (Å²) in [5, 5.41) is 0. The van der Waals surface area contributed by atoms with Gasteiger partial charge in [-0.25, -0.2) is 13.8 Å². The summed E-state index contributed by atoms with van der Waals surface area (Å²) in [7, 11) is 2.58. The van der Waals surface area contributed by atoms with Crippen molar-refractivity contribution in [2.75, 3.05) is 5.75 Å². The van der Waals surface area contributed by atoms with E-state index in [2.05, 4.69) is 19.2 Å². The number of aliphatic imine (C=N–C) groups is 1. The zero-order valence-corrected chi connectivity index (χ0v) is 13.4. The van der Waals surface area contributed by atoms with E-state index < -0.39 is 5.92 Å². The maximum absolute atomic E-state index is 12.9. The van der Waals surface area contributed by atoms with Crippen LogP contribution in [0.4, 0.5) is 14.5 Å². The Bertz CT molecular complexity index is 627. The van der Waals surface area contributed by atoms with E-state index in [4.69, 9.17) is 0 Å². The molecule has 0 fully saturated rings. The number of aromatic nitrogens is 1. The molecule has 2 aromatic rings. The van der Waals surface area contributed by atoms with Crippen molar-refractivity contribution in [2.45, 2.75) is 17.7 Å². The highest BCUT2D eigenvalue weighted by Gasteiger charge is 2.20. The lowest BCUT2D eigenvalue weighted by Crippen LogP contribution is -2.12. The van der Waals surface area contributed by atoms with Crippen molar-refractivity contribution in [3.63, 3.8) is 0 Å². The van der Waals surface area contributed by atoms with Crippen LogP contribution < -0.4 is 0 Å². The van der Waals surface area contributed by atoms with Crippen molar-refractivity contribution in [1.29, 1.82) is 0 Å². The van der Waals surface area contributed by atoms with Crippen LogP contribution in [0.2, 0.25) is 0 Å². The second kappa shape index (κ2) is 7.10. The minimum Gasteiger partial charge on any atom is -0.265 e. The molecule has 1 unspecified atom stereocenters. The first kappa shape index (κ1) is 16.1. The Hall–Kier alpha value is -1.32. The lowest BCUT2D eigenvalue weighted by atomic mass is 10.3. The summed E-state index contributed by atoms with van der Waals surface area (Å²) in [4.78, 5) is 9.23. The molecule has 0 aliphatic rings. The van der Waals surface area contributed by atoms with Crippen molar-refractivity contribution in [3.05, 3.63) is 54.4 Å². The van der Waals surface area contributed by atoms with Gasteiger partial charge in [0.2, 0.25) is 0 Å². The summed E-state index contributed by atoms with van der Waals surface area (Å²) in [5.74, 6) is -2.91. The molecular formula is C15H15F2N2PS. The Balaban J connectivity index is 2.14. The highest BCUT2D eigenvalue weighted by molar-refractivity contribution is 7.99. The summed E-state index contributed by atoms with van der Waals surface area (Å²) < 4.78 is 25.8. The van der Waals surface area contributed by atoms with E-state index in [-0.39, 0.29) is 5.75 Å². The second-order valence-electron chi connectivity index (χ2n) is 4.59. The Morgan fingerprint density at radius 1 is 1.29 bits per heavy atom.